The number of para-hydroxylation sites is 1. The lowest BCUT2D eigenvalue weighted by Crippen LogP contribution is -2.48. The number of carbonyl (C=O) groups is 1. The first-order chi connectivity index (χ1) is 11.1. The number of esters is 1. The molecule has 2 aromatic rings. The smallest absolute Gasteiger partial charge is 0.323 e. The maximum atomic E-state index is 12.2. The van der Waals surface area contributed by atoms with Crippen LogP contribution in [0.4, 0.5) is 0 Å². The molecule has 0 bridgehead atoms. The molecule has 0 aliphatic carbocycles. The van der Waals surface area contributed by atoms with Crippen LogP contribution < -0.4 is 5.43 Å². The van der Waals surface area contributed by atoms with Gasteiger partial charge in [-0.05, 0) is 25.0 Å². The van der Waals surface area contributed by atoms with Crippen molar-refractivity contribution in [3.8, 4) is 0 Å². The molecule has 0 unspecified atom stereocenters. The average molecular weight is 316 g/mol. The van der Waals surface area contributed by atoms with Crippen LogP contribution in [0.5, 0.6) is 0 Å². The van der Waals surface area contributed by atoms with Crippen LogP contribution in [-0.4, -0.2) is 46.8 Å². The fraction of sp³-hybridized carbons (Fsp3) is 0.412. The number of rotatable bonds is 3. The van der Waals surface area contributed by atoms with E-state index in [9.17, 15) is 14.7 Å². The summed E-state index contributed by atoms with van der Waals surface area (Å²) in [6.07, 6.45) is 0.460. The van der Waals surface area contributed by atoms with Crippen molar-refractivity contribution in [2.45, 2.75) is 31.5 Å². The van der Waals surface area contributed by atoms with Gasteiger partial charge in [-0.3, -0.25) is 14.5 Å². The number of hydrogen-bond acceptors (Lipinski definition) is 5. The summed E-state index contributed by atoms with van der Waals surface area (Å²) in [5, 5.41) is 10.4. The van der Waals surface area contributed by atoms with E-state index in [2.05, 4.69) is 4.98 Å². The number of nitrogens with one attached hydrogen (secondary N) is 1. The summed E-state index contributed by atoms with van der Waals surface area (Å²) < 4.78 is 4.84. The second kappa shape index (κ2) is 6.52. The van der Waals surface area contributed by atoms with Crippen molar-refractivity contribution in [3.63, 3.8) is 0 Å². The number of aromatic amines is 1. The topological polar surface area (TPSA) is 82.6 Å². The first kappa shape index (κ1) is 15.7. The molecule has 1 fully saturated rings. The summed E-state index contributed by atoms with van der Waals surface area (Å²) in [7, 11) is 1.35. The Morgan fingerprint density at radius 1 is 1.43 bits per heavy atom. The number of likely N-dealkylation sites (tertiary alicyclic amines) is 1. The number of piperidine rings is 1. The molecule has 0 radical (unpaired) electrons. The van der Waals surface area contributed by atoms with E-state index in [-0.39, 0.29) is 11.4 Å². The van der Waals surface area contributed by atoms with Crippen molar-refractivity contribution in [3.05, 3.63) is 46.2 Å². The van der Waals surface area contributed by atoms with Gasteiger partial charge >= 0.3 is 5.97 Å². The molecule has 122 valence electrons. The predicted molar refractivity (Wildman–Crippen MR) is 86.0 cm³/mol. The van der Waals surface area contributed by atoms with E-state index in [1.807, 2.05) is 23.1 Å². The van der Waals surface area contributed by atoms with Crippen LogP contribution in [-0.2, 0) is 16.1 Å². The Bertz CT molecular complexity index is 771. The molecule has 1 aliphatic rings. The molecular weight excluding hydrogens is 296 g/mol. The summed E-state index contributed by atoms with van der Waals surface area (Å²) in [4.78, 5) is 29.3. The van der Waals surface area contributed by atoms with Gasteiger partial charge in [-0.15, -0.1) is 0 Å². The minimum absolute atomic E-state index is 0.0407. The van der Waals surface area contributed by atoms with Crippen molar-refractivity contribution in [1.29, 1.82) is 0 Å². The summed E-state index contributed by atoms with van der Waals surface area (Å²) in [6, 6.07) is 8.43. The second-order valence-electron chi connectivity index (χ2n) is 5.89. The van der Waals surface area contributed by atoms with Gasteiger partial charge in [-0.25, -0.2) is 0 Å². The maximum absolute atomic E-state index is 12.2. The third-order valence-corrected chi connectivity index (χ3v) is 4.33. The Labute approximate surface area is 133 Å². The maximum Gasteiger partial charge on any atom is 0.323 e. The minimum Gasteiger partial charge on any atom is -0.468 e. The van der Waals surface area contributed by atoms with Crippen LogP contribution in [0.1, 0.15) is 18.5 Å². The average Bonchev–Trinajstić information content (AvgIpc) is 2.56. The number of H-pyrrole nitrogens is 1. The van der Waals surface area contributed by atoms with Gasteiger partial charge in [0.15, 0.2) is 5.43 Å². The third-order valence-electron chi connectivity index (χ3n) is 4.33. The minimum atomic E-state index is -0.494. The highest BCUT2D eigenvalue weighted by atomic mass is 16.5. The summed E-state index contributed by atoms with van der Waals surface area (Å²) in [6.45, 7) is 1.02. The van der Waals surface area contributed by atoms with E-state index in [0.29, 0.717) is 31.3 Å². The largest absolute Gasteiger partial charge is 0.468 e. The lowest BCUT2D eigenvalue weighted by Gasteiger charge is -2.35. The van der Waals surface area contributed by atoms with Crippen molar-refractivity contribution in [1.82, 2.24) is 9.88 Å². The third kappa shape index (κ3) is 3.28. The van der Waals surface area contributed by atoms with E-state index in [0.717, 1.165) is 11.2 Å². The SMILES string of the molecule is COC(=O)[C@H]1C[C@@H](O)CCN1Cc1cc(=O)c2ccccc2[nH]1. The molecule has 0 spiro atoms. The second-order valence-corrected chi connectivity index (χ2v) is 5.89. The van der Waals surface area contributed by atoms with E-state index in [1.165, 1.54) is 7.11 Å². The van der Waals surface area contributed by atoms with E-state index in [4.69, 9.17) is 4.74 Å². The van der Waals surface area contributed by atoms with Gasteiger partial charge in [-0.1, -0.05) is 12.1 Å². The molecule has 0 saturated carbocycles. The zero-order valence-electron chi connectivity index (χ0n) is 13.0. The normalized spacial score (nSPS) is 22.2. The zero-order valence-corrected chi connectivity index (χ0v) is 13.0. The fourth-order valence-corrected chi connectivity index (χ4v) is 3.12. The molecule has 6 heteroatoms. The number of benzene rings is 1. The van der Waals surface area contributed by atoms with Crippen LogP contribution in [0.25, 0.3) is 10.9 Å². The molecular formula is C17H20N2O4. The van der Waals surface area contributed by atoms with Crippen molar-refractivity contribution >= 4 is 16.9 Å². The highest BCUT2D eigenvalue weighted by molar-refractivity contribution is 5.78. The summed E-state index contributed by atoms with van der Waals surface area (Å²) in [5.41, 5.74) is 1.49. The number of pyridine rings is 1. The number of carbonyl (C=O) groups excluding carboxylic acids is 1. The number of methoxy groups -OCH3 is 1. The molecule has 23 heavy (non-hydrogen) atoms. The van der Waals surface area contributed by atoms with Gasteiger partial charge in [0.25, 0.3) is 0 Å². The van der Waals surface area contributed by atoms with Crippen LogP contribution in [0, 0.1) is 0 Å². The number of aliphatic hydroxyl groups is 1. The van der Waals surface area contributed by atoms with E-state index in [1.54, 1.807) is 12.1 Å². The highest BCUT2D eigenvalue weighted by Crippen LogP contribution is 2.21. The molecule has 2 atom stereocenters. The van der Waals surface area contributed by atoms with Crippen LogP contribution >= 0.6 is 0 Å². The molecule has 3 rings (SSSR count). The van der Waals surface area contributed by atoms with Crippen LogP contribution in [0.3, 0.4) is 0 Å². The number of fused-ring (bicyclic) bond motifs is 1. The Balaban J connectivity index is 1.88. The predicted octanol–water partition coefficient (Wildman–Crippen LogP) is 1.03. The summed E-state index contributed by atoms with van der Waals surface area (Å²) >= 11 is 0. The van der Waals surface area contributed by atoms with Gasteiger partial charge in [0.2, 0.25) is 0 Å². The molecule has 2 heterocycles. The van der Waals surface area contributed by atoms with Gasteiger partial charge in [0.05, 0.1) is 13.2 Å². The van der Waals surface area contributed by atoms with Crippen molar-refractivity contribution < 1.29 is 14.6 Å². The van der Waals surface area contributed by atoms with E-state index >= 15 is 0 Å². The molecule has 1 aromatic carbocycles. The van der Waals surface area contributed by atoms with E-state index < -0.39 is 12.1 Å². The quantitative estimate of drug-likeness (QED) is 0.826. The molecule has 0 amide bonds. The number of ether oxygens (including phenoxy) is 1. The molecule has 1 aliphatic heterocycles. The lowest BCUT2D eigenvalue weighted by atomic mass is 9.99. The lowest BCUT2D eigenvalue weighted by molar-refractivity contribution is -0.150. The standard InChI is InChI=1S/C17H20N2O4/c1-23-17(22)15-9-12(20)6-7-19(15)10-11-8-16(21)13-4-2-3-5-14(13)18-11/h2-5,8,12,15,20H,6-7,9-10H2,1H3,(H,18,21)/t12-,15+/m0/s1. The number of aliphatic hydroxyl groups excluding tert-OH is 1. The Kier molecular flexibility index (Phi) is 4.45. The van der Waals surface area contributed by atoms with Gasteiger partial charge in [0.1, 0.15) is 6.04 Å². The van der Waals surface area contributed by atoms with Gasteiger partial charge < -0.3 is 14.8 Å². The number of nitrogens with zero attached hydrogens (tertiary/aromatic N) is 1. The molecule has 2 N–H and O–H groups in total. The first-order valence-electron chi connectivity index (χ1n) is 7.69. The zero-order chi connectivity index (χ0) is 16.4. The van der Waals surface area contributed by atoms with Crippen molar-refractivity contribution in [2.75, 3.05) is 13.7 Å². The summed E-state index contributed by atoms with van der Waals surface area (Å²) in [5.74, 6) is -0.355. The van der Waals surface area contributed by atoms with Crippen LogP contribution in [0.2, 0.25) is 0 Å². The number of aromatic nitrogens is 1. The van der Waals surface area contributed by atoms with Gasteiger partial charge in [0, 0.05) is 35.8 Å². The van der Waals surface area contributed by atoms with Crippen LogP contribution in [0.15, 0.2) is 35.1 Å². The Hall–Kier alpha value is -2.18. The Morgan fingerprint density at radius 2 is 2.22 bits per heavy atom. The fourth-order valence-electron chi connectivity index (χ4n) is 3.12. The van der Waals surface area contributed by atoms with Crippen molar-refractivity contribution in [2.24, 2.45) is 0 Å². The Morgan fingerprint density at radius 3 is 3.00 bits per heavy atom. The molecule has 1 saturated heterocycles. The molecule has 6 nitrogen and oxygen atoms in total. The number of hydrogen-bond donors (Lipinski definition) is 2. The van der Waals surface area contributed by atoms with Gasteiger partial charge in [-0.2, -0.15) is 0 Å². The monoisotopic (exact) mass is 316 g/mol. The highest BCUT2D eigenvalue weighted by Gasteiger charge is 2.33. The first-order valence-corrected chi connectivity index (χ1v) is 7.69. The molecule has 1 aromatic heterocycles.